The molecule has 0 N–H and O–H groups in total. The van der Waals surface area contributed by atoms with E-state index < -0.39 is 0 Å². The van der Waals surface area contributed by atoms with Crippen LogP contribution in [0.3, 0.4) is 0 Å². The average Bonchev–Trinajstić information content (AvgIpc) is 3.31. The van der Waals surface area contributed by atoms with Crippen molar-refractivity contribution in [1.29, 1.82) is 0 Å². The highest BCUT2D eigenvalue weighted by Gasteiger charge is 2.25. The minimum Gasteiger partial charge on any atom is -0.467 e. The van der Waals surface area contributed by atoms with Crippen LogP contribution in [-0.2, 0) is 17.7 Å². The zero-order valence-corrected chi connectivity index (χ0v) is 14.9. The van der Waals surface area contributed by atoms with Crippen LogP contribution in [-0.4, -0.2) is 40.7 Å². The zero-order chi connectivity index (χ0) is 17.9. The van der Waals surface area contributed by atoms with E-state index in [1.54, 1.807) is 11.2 Å². The van der Waals surface area contributed by atoms with E-state index in [2.05, 4.69) is 16.7 Å². The summed E-state index contributed by atoms with van der Waals surface area (Å²) in [7, 11) is 1.44. The molecule has 0 atom stereocenters. The fourth-order valence-electron chi connectivity index (χ4n) is 3.72. The Bertz CT molecular complexity index is 877. The van der Waals surface area contributed by atoms with Gasteiger partial charge in [-0.1, -0.05) is 12.1 Å². The fourth-order valence-corrected chi connectivity index (χ4v) is 3.72. The number of aromatic nitrogens is 2. The lowest BCUT2D eigenvalue weighted by molar-refractivity contribution is 0.106. The quantitative estimate of drug-likeness (QED) is 0.717. The summed E-state index contributed by atoms with van der Waals surface area (Å²) in [5.74, 6) is 2.53. The van der Waals surface area contributed by atoms with E-state index in [0.717, 1.165) is 55.0 Å². The molecule has 0 bridgehead atoms. The number of benzene rings is 1. The Morgan fingerprint density at radius 3 is 2.77 bits per heavy atom. The molecular formula is C20H23N3O3. The highest BCUT2D eigenvalue weighted by molar-refractivity contribution is 5.76. The maximum Gasteiger partial charge on any atom is 0.409 e. The smallest absolute Gasteiger partial charge is 0.409 e. The molecule has 0 unspecified atom stereocenters. The summed E-state index contributed by atoms with van der Waals surface area (Å²) < 4.78 is 12.6. The molecule has 6 nitrogen and oxygen atoms in total. The van der Waals surface area contributed by atoms with E-state index in [1.165, 1.54) is 7.11 Å². The Kier molecular flexibility index (Phi) is 4.65. The van der Waals surface area contributed by atoms with E-state index in [0.29, 0.717) is 12.5 Å². The Morgan fingerprint density at radius 1 is 1.23 bits per heavy atom. The van der Waals surface area contributed by atoms with Crippen LogP contribution in [0.15, 0.2) is 47.1 Å². The molecule has 3 aromatic rings. The van der Waals surface area contributed by atoms with Gasteiger partial charge in [-0.15, -0.1) is 0 Å². The summed E-state index contributed by atoms with van der Waals surface area (Å²) in [5, 5.41) is 0. The molecule has 0 aliphatic carbocycles. The Balaban J connectivity index is 1.54. The molecule has 1 fully saturated rings. The molecule has 1 aliphatic heterocycles. The number of para-hydroxylation sites is 2. The normalized spacial score (nSPS) is 15.5. The van der Waals surface area contributed by atoms with Crippen molar-refractivity contribution in [3.8, 4) is 0 Å². The number of imidazole rings is 1. The van der Waals surface area contributed by atoms with Gasteiger partial charge in [0.2, 0.25) is 0 Å². The van der Waals surface area contributed by atoms with Gasteiger partial charge < -0.3 is 18.6 Å². The summed E-state index contributed by atoms with van der Waals surface area (Å²) >= 11 is 0. The topological polar surface area (TPSA) is 60.5 Å². The second kappa shape index (κ2) is 7.23. The van der Waals surface area contributed by atoms with Gasteiger partial charge in [-0.05, 0) is 43.0 Å². The summed E-state index contributed by atoms with van der Waals surface area (Å²) in [4.78, 5) is 18.3. The van der Waals surface area contributed by atoms with Crippen molar-refractivity contribution in [3.05, 3.63) is 54.2 Å². The maximum absolute atomic E-state index is 11.7. The number of nitrogens with zero attached hydrogens (tertiary/aromatic N) is 3. The van der Waals surface area contributed by atoms with Gasteiger partial charge in [-0.2, -0.15) is 0 Å². The third kappa shape index (κ3) is 3.31. The predicted molar refractivity (Wildman–Crippen MR) is 97.9 cm³/mol. The standard InChI is InChI=1S/C20H23N3O3/c1-25-20(24)22-10-8-15(9-11-22)13-19-21-17-6-2-3-7-18(17)23(19)14-16-5-4-12-26-16/h2-7,12,15H,8-11,13-14H2,1H3. The summed E-state index contributed by atoms with van der Waals surface area (Å²) in [6, 6.07) is 12.1. The number of furan rings is 1. The molecule has 3 heterocycles. The molecule has 4 rings (SSSR count). The lowest BCUT2D eigenvalue weighted by Crippen LogP contribution is -2.38. The first-order valence-corrected chi connectivity index (χ1v) is 9.04. The van der Waals surface area contributed by atoms with Gasteiger partial charge in [0.15, 0.2) is 0 Å². The van der Waals surface area contributed by atoms with E-state index in [-0.39, 0.29) is 6.09 Å². The number of likely N-dealkylation sites (tertiary alicyclic amines) is 1. The number of ether oxygens (including phenoxy) is 1. The van der Waals surface area contributed by atoms with Crippen LogP contribution < -0.4 is 0 Å². The van der Waals surface area contributed by atoms with Gasteiger partial charge in [0.1, 0.15) is 11.6 Å². The summed E-state index contributed by atoms with van der Waals surface area (Å²) in [6.45, 7) is 2.18. The highest BCUT2D eigenvalue weighted by Crippen LogP contribution is 2.25. The van der Waals surface area contributed by atoms with Gasteiger partial charge >= 0.3 is 6.09 Å². The lowest BCUT2D eigenvalue weighted by Gasteiger charge is -2.30. The number of amides is 1. The molecule has 2 aromatic heterocycles. The van der Waals surface area contributed by atoms with Crippen molar-refractivity contribution < 1.29 is 13.9 Å². The zero-order valence-electron chi connectivity index (χ0n) is 14.9. The van der Waals surface area contributed by atoms with Crippen LogP contribution >= 0.6 is 0 Å². The molecule has 1 amide bonds. The van der Waals surface area contributed by atoms with Gasteiger partial charge in [0.25, 0.3) is 0 Å². The van der Waals surface area contributed by atoms with Crippen LogP contribution in [0, 0.1) is 5.92 Å². The van der Waals surface area contributed by atoms with E-state index in [4.69, 9.17) is 14.1 Å². The van der Waals surface area contributed by atoms with Gasteiger partial charge in [0.05, 0.1) is 31.0 Å². The first kappa shape index (κ1) is 16.7. The van der Waals surface area contributed by atoms with Crippen molar-refractivity contribution in [2.45, 2.75) is 25.8 Å². The van der Waals surface area contributed by atoms with Crippen LogP contribution in [0.5, 0.6) is 0 Å². The number of fused-ring (bicyclic) bond motifs is 1. The minimum atomic E-state index is -0.228. The third-order valence-electron chi connectivity index (χ3n) is 5.15. The van der Waals surface area contributed by atoms with Crippen LogP contribution in [0.4, 0.5) is 4.79 Å². The average molecular weight is 353 g/mol. The number of hydrogen-bond donors (Lipinski definition) is 0. The van der Waals surface area contributed by atoms with E-state index in [1.807, 2.05) is 24.3 Å². The monoisotopic (exact) mass is 353 g/mol. The second-order valence-corrected chi connectivity index (χ2v) is 6.79. The molecule has 136 valence electrons. The number of carbonyl (C=O) groups is 1. The van der Waals surface area contributed by atoms with Crippen LogP contribution in [0.2, 0.25) is 0 Å². The lowest BCUT2D eigenvalue weighted by atomic mass is 9.93. The van der Waals surface area contributed by atoms with Crippen molar-refractivity contribution in [2.75, 3.05) is 20.2 Å². The minimum absolute atomic E-state index is 0.228. The fraction of sp³-hybridized carbons (Fsp3) is 0.400. The van der Waals surface area contributed by atoms with Crippen LogP contribution in [0.25, 0.3) is 11.0 Å². The van der Waals surface area contributed by atoms with Crippen molar-refractivity contribution in [1.82, 2.24) is 14.5 Å². The molecule has 1 aliphatic rings. The Labute approximate surface area is 152 Å². The number of hydrogen-bond acceptors (Lipinski definition) is 4. The summed E-state index contributed by atoms with van der Waals surface area (Å²) in [6.07, 6.45) is 4.33. The Hall–Kier alpha value is -2.76. The number of carbonyl (C=O) groups excluding carboxylic acids is 1. The Morgan fingerprint density at radius 2 is 2.04 bits per heavy atom. The maximum atomic E-state index is 11.7. The molecular weight excluding hydrogens is 330 g/mol. The van der Waals surface area contributed by atoms with E-state index in [9.17, 15) is 4.79 Å². The largest absolute Gasteiger partial charge is 0.467 e. The summed E-state index contributed by atoms with van der Waals surface area (Å²) in [5.41, 5.74) is 2.15. The van der Waals surface area contributed by atoms with Gasteiger partial charge in [-0.3, -0.25) is 0 Å². The number of rotatable bonds is 4. The van der Waals surface area contributed by atoms with Crippen molar-refractivity contribution >= 4 is 17.1 Å². The molecule has 0 saturated carbocycles. The molecule has 1 saturated heterocycles. The number of piperidine rings is 1. The van der Waals surface area contributed by atoms with Crippen LogP contribution in [0.1, 0.15) is 24.4 Å². The predicted octanol–water partition coefficient (Wildman–Crippen LogP) is 3.70. The van der Waals surface area contributed by atoms with Crippen molar-refractivity contribution in [3.63, 3.8) is 0 Å². The second-order valence-electron chi connectivity index (χ2n) is 6.79. The molecule has 0 radical (unpaired) electrons. The molecule has 1 aromatic carbocycles. The first-order valence-electron chi connectivity index (χ1n) is 9.04. The van der Waals surface area contributed by atoms with Gasteiger partial charge in [-0.25, -0.2) is 9.78 Å². The number of methoxy groups -OCH3 is 1. The highest BCUT2D eigenvalue weighted by atomic mass is 16.5. The third-order valence-corrected chi connectivity index (χ3v) is 5.15. The van der Waals surface area contributed by atoms with Gasteiger partial charge in [0, 0.05) is 19.5 Å². The SMILES string of the molecule is COC(=O)N1CCC(Cc2nc3ccccc3n2Cc2ccco2)CC1. The molecule has 6 heteroatoms. The molecule has 26 heavy (non-hydrogen) atoms. The first-order chi connectivity index (χ1) is 12.7. The van der Waals surface area contributed by atoms with Crippen molar-refractivity contribution in [2.24, 2.45) is 5.92 Å². The molecule has 0 spiro atoms. The van der Waals surface area contributed by atoms with E-state index >= 15 is 0 Å².